The third-order valence-corrected chi connectivity index (χ3v) is 7.39. The van der Waals surface area contributed by atoms with Crippen molar-refractivity contribution in [2.24, 2.45) is 0 Å². The lowest BCUT2D eigenvalue weighted by Gasteiger charge is -2.24. The number of nitrogens with zero attached hydrogens (tertiary/aromatic N) is 2. The highest BCUT2D eigenvalue weighted by Gasteiger charge is 2.49. The Balaban J connectivity index is 1.70. The number of ketones is 1. The van der Waals surface area contributed by atoms with E-state index in [0.717, 1.165) is 22.2 Å². The Morgan fingerprint density at radius 3 is 2.51 bits per heavy atom. The Morgan fingerprint density at radius 1 is 1.05 bits per heavy atom. The highest BCUT2D eigenvalue weighted by Crippen LogP contribution is 2.46. The number of Topliss-reactive ketones (excluding diaryl/α,β-unsaturated/α-hetero) is 1. The third kappa shape index (κ3) is 4.34. The molecule has 0 spiro atoms. The molecule has 1 unspecified atom stereocenters. The summed E-state index contributed by atoms with van der Waals surface area (Å²) in [4.78, 5) is 33.1. The highest BCUT2D eigenvalue weighted by atomic mass is 32.1. The second kappa shape index (κ2) is 10.1. The van der Waals surface area contributed by atoms with E-state index in [1.165, 1.54) is 23.3 Å². The van der Waals surface area contributed by atoms with E-state index in [9.17, 15) is 14.7 Å². The zero-order valence-corrected chi connectivity index (χ0v) is 21.5. The average Bonchev–Trinajstić information content (AvgIpc) is 3.46. The van der Waals surface area contributed by atoms with Crippen molar-refractivity contribution in [3.05, 3.63) is 89.0 Å². The van der Waals surface area contributed by atoms with Crippen LogP contribution in [0.3, 0.4) is 0 Å². The molecule has 2 heterocycles. The maximum Gasteiger partial charge on any atom is 0.301 e. The number of amides is 1. The molecule has 4 aromatic rings. The summed E-state index contributed by atoms with van der Waals surface area (Å²) in [6.07, 6.45) is 0.872. The maximum atomic E-state index is 13.5. The number of fused-ring (bicyclic) bond motifs is 1. The summed E-state index contributed by atoms with van der Waals surface area (Å²) in [5.74, 6) is -0.670. The molecule has 1 saturated heterocycles. The van der Waals surface area contributed by atoms with Crippen LogP contribution in [0.2, 0.25) is 0 Å². The molecule has 8 heteroatoms. The molecule has 5 rings (SSSR count). The normalized spacial score (nSPS) is 16.9. The number of aliphatic hydroxyl groups excluding tert-OH is 1. The van der Waals surface area contributed by atoms with Crippen LogP contribution in [0.1, 0.15) is 36.6 Å². The van der Waals surface area contributed by atoms with E-state index < -0.39 is 17.7 Å². The first-order chi connectivity index (χ1) is 18.0. The molecule has 1 N–H and O–H groups in total. The van der Waals surface area contributed by atoms with Gasteiger partial charge in [0, 0.05) is 11.1 Å². The van der Waals surface area contributed by atoms with Crippen LogP contribution >= 0.6 is 11.3 Å². The molecule has 0 aliphatic carbocycles. The van der Waals surface area contributed by atoms with E-state index in [0.29, 0.717) is 34.4 Å². The van der Waals surface area contributed by atoms with Gasteiger partial charge in [-0.1, -0.05) is 42.5 Å². The molecule has 188 valence electrons. The lowest BCUT2D eigenvalue weighted by molar-refractivity contribution is -0.132. The van der Waals surface area contributed by atoms with Gasteiger partial charge >= 0.3 is 5.91 Å². The summed E-state index contributed by atoms with van der Waals surface area (Å²) in [5.41, 5.74) is 2.85. The lowest BCUT2D eigenvalue weighted by Crippen LogP contribution is -2.29. The Labute approximate surface area is 218 Å². The van der Waals surface area contributed by atoms with Gasteiger partial charge in [0.1, 0.15) is 23.3 Å². The molecular weight excluding hydrogens is 488 g/mol. The molecule has 0 radical (unpaired) electrons. The van der Waals surface area contributed by atoms with E-state index in [-0.39, 0.29) is 11.3 Å². The van der Waals surface area contributed by atoms with Crippen molar-refractivity contribution in [3.8, 4) is 11.5 Å². The number of anilines is 1. The van der Waals surface area contributed by atoms with Gasteiger partial charge < -0.3 is 14.6 Å². The van der Waals surface area contributed by atoms with Crippen molar-refractivity contribution in [3.63, 3.8) is 0 Å². The van der Waals surface area contributed by atoms with Gasteiger partial charge in [-0.25, -0.2) is 4.98 Å². The van der Waals surface area contributed by atoms with E-state index in [2.05, 4.69) is 6.92 Å². The summed E-state index contributed by atoms with van der Waals surface area (Å²) in [5, 5.41) is 11.8. The second-order valence-corrected chi connectivity index (χ2v) is 9.53. The number of rotatable bonds is 7. The molecule has 37 heavy (non-hydrogen) atoms. The largest absolute Gasteiger partial charge is 0.507 e. The van der Waals surface area contributed by atoms with Crippen molar-refractivity contribution in [2.75, 3.05) is 18.6 Å². The van der Waals surface area contributed by atoms with Gasteiger partial charge in [0.2, 0.25) is 0 Å². The molecule has 0 saturated carbocycles. The molecule has 1 fully saturated rings. The first-order valence-corrected chi connectivity index (χ1v) is 12.8. The summed E-state index contributed by atoms with van der Waals surface area (Å²) >= 11 is 1.34. The minimum atomic E-state index is -0.922. The van der Waals surface area contributed by atoms with Gasteiger partial charge in [-0.2, -0.15) is 0 Å². The van der Waals surface area contributed by atoms with E-state index in [1.54, 1.807) is 42.5 Å². The monoisotopic (exact) mass is 514 g/mol. The van der Waals surface area contributed by atoms with E-state index in [1.807, 2.05) is 31.2 Å². The van der Waals surface area contributed by atoms with E-state index in [4.69, 9.17) is 14.5 Å². The predicted octanol–water partition coefficient (Wildman–Crippen LogP) is 5.89. The van der Waals surface area contributed by atoms with Crippen LogP contribution in [0, 0.1) is 0 Å². The van der Waals surface area contributed by atoms with Crippen LogP contribution in [0.15, 0.2) is 72.3 Å². The number of para-hydroxylation sites is 1. The van der Waals surface area contributed by atoms with Crippen LogP contribution in [-0.4, -0.2) is 35.5 Å². The smallest absolute Gasteiger partial charge is 0.301 e. The Morgan fingerprint density at radius 2 is 1.81 bits per heavy atom. The molecule has 1 aliphatic rings. The Bertz CT molecular complexity index is 1520. The zero-order chi connectivity index (χ0) is 26.1. The minimum Gasteiger partial charge on any atom is -0.507 e. The SMILES string of the molecule is CCOc1ccc(C(O)=C2C(=O)C(=O)N(c3nc4ccc(CC)cc4s3)C2c2ccccc2OC)cc1. The number of carbonyl (C=O) groups is 2. The van der Waals surface area contributed by atoms with Crippen LogP contribution in [-0.2, 0) is 16.0 Å². The third-order valence-electron chi connectivity index (χ3n) is 6.37. The van der Waals surface area contributed by atoms with Gasteiger partial charge in [-0.3, -0.25) is 14.5 Å². The summed E-state index contributed by atoms with van der Waals surface area (Å²) in [6, 6.07) is 19.0. The molecule has 7 nitrogen and oxygen atoms in total. The molecule has 1 aromatic heterocycles. The molecule has 1 amide bonds. The average molecular weight is 515 g/mol. The molecule has 1 aliphatic heterocycles. The van der Waals surface area contributed by atoms with Crippen molar-refractivity contribution in [2.45, 2.75) is 26.3 Å². The number of aromatic nitrogens is 1. The van der Waals surface area contributed by atoms with Gasteiger partial charge in [-0.15, -0.1) is 0 Å². The van der Waals surface area contributed by atoms with Crippen molar-refractivity contribution < 1.29 is 24.2 Å². The van der Waals surface area contributed by atoms with Crippen LogP contribution in [0.25, 0.3) is 16.0 Å². The molecule has 0 bridgehead atoms. The Kier molecular flexibility index (Phi) is 6.67. The fourth-order valence-electron chi connectivity index (χ4n) is 4.53. The van der Waals surface area contributed by atoms with Crippen LogP contribution < -0.4 is 14.4 Å². The number of aliphatic hydroxyl groups is 1. The fraction of sp³-hybridized carbons (Fsp3) is 0.207. The van der Waals surface area contributed by atoms with Crippen LogP contribution in [0.5, 0.6) is 11.5 Å². The number of aryl methyl sites for hydroxylation is 1. The molecule has 1 atom stereocenters. The van der Waals surface area contributed by atoms with Gasteiger partial charge in [-0.05, 0) is 61.4 Å². The summed E-state index contributed by atoms with van der Waals surface area (Å²) in [6.45, 7) is 4.46. The number of benzene rings is 3. The van der Waals surface area contributed by atoms with Crippen molar-refractivity contribution >= 4 is 44.1 Å². The predicted molar refractivity (Wildman–Crippen MR) is 144 cm³/mol. The summed E-state index contributed by atoms with van der Waals surface area (Å²) < 4.78 is 12.0. The lowest BCUT2D eigenvalue weighted by atomic mass is 9.94. The number of thiazole rings is 1. The quantitative estimate of drug-likeness (QED) is 0.188. The van der Waals surface area contributed by atoms with Gasteiger partial charge in [0.25, 0.3) is 5.78 Å². The summed E-state index contributed by atoms with van der Waals surface area (Å²) in [7, 11) is 1.53. The van der Waals surface area contributed by atoms with Gasteiger partial charge in [0.05, 0.1) is 29.5 Å². The van der Waals surface area contributed by atoms with Crippen molar-refractivity contribution in [1.29, 1.82) is 0 Å². The number of ether oxygens (including phenoxy) is 2. The number of hydrogen-bond acceptors (Lipinski definition) is 7. The number of hydrogen-bond donors (Lipinski definition) is 1. The standard InChI is InChI=1S/C29H26N2O5S/c1-4-17-10-15-21-23(16-17)37-29(30-21)31-25(20-8-6-7-9-22(20)35-3)24(27(33)28(31)34)26(32)18-11-13-19(14-12-18)36-5-2/h6-16,25,32H,4-5H2,1-3H3. The number of carbonyl (C=O) groups excluding carboxylic acids is 2. The maximum absolute atomic E-state index is 13.5. The Hall–Kier alpha value is -4.17. The van der Waals surface area contributed by atoms with Crippen LogP contribution in [0.4, 0.5) is 5.13 Å². The topological polar surface area (TPSA) is 89.0 Å². The number of methoxy groups -OCH3 is 1. The first-order valence-electron chi connectivity index (χ1n) is 12.0. The van der Waals surface area contributed by atoms with E-state index >= 15 is 0 Å². The molecule has 3 aromatic carbocycles. The first kappa shape index (κ1) is 24.5. The minimum absolute atomic E-state index is 0.0211. The second-order valence-electron chi connectivity index (χ2n) is 8.52. The van der Waals surface area contributed by atoms with Gasteiger partial charge in [0.15, 0.2) is 5.13 Å². The highest BCUT2D eigenvalue weighted by molar-refractivity contribution is 7.22. The fourth-order valence-corrected chi connectivity index (χ4v) is 5.58. The molecular formula is C29H26N2O5S. The zero-order valence-electron chi connectivity index (χ0n) is 20.7. The van der Waals surface area contributed by atoms with Crippen molar-refractivity contribution in [1.82, 2.24) is 4.98 Å².